The summed E-state index contributed by atoms with van der Waals surface area (Å²) in [6.45, 7) is 2.24. The summed E-state index contributed by atoms with van der Waals surface area (Å²) in [5, 5.41) is 0. The monoisotopic (exact) mass is 392 g/mol. The van der Waals surface area contributed by atoms with Crippen LogP contribution < -0.4 is 0 Å². The predicted octanol–water partition coefficient (Wildman–Crippen LogP) is 6.45. The number of methoxy groups -OCH3 is 1. The molecule has 0 aliphatic carbocycles. The molecule has 0 heterocycles. The van der Waals surface area contributed by atoms with Crippen molar-refractivity contribution in [2.45, 2.75) is 83.4 Å². The third kappa shape index (κ3) is 11.7. The number of ether oxygens (including phenoxy) is 2. The van der Waals surface area contributed by atoms with E-state index < -0.39 is 19.6 Å². The van der Waals surface area contributed by atoms with E-state index in [1.54, 1.807) is 6.08 Å². The zero-order chi connectivity index (χ0) is 19.7. The molecule has 7 heteroatoms. The molecule has 1 atom stereocenters. The van der Waals surface area contributed by atoms with E-state index in [0.717, 1.165) is 19.3 Å². The van der Waals surface area contributed by atoms with Crippen LogP contribution in [0.25, 0.3) is 0 Å². The van der Waals surface area contributed by atoms with Gasteiger partial charge in [-0.05, 0) is 18.9 Å². The summed E-state index contributed by atoms with van der Waals surface area (Å²) in [6.07, 6.45) is 16.1. The van der Waals surface area contributed by atoms with Crippen LogP contribution in [-0.2, 0) is 23.1 Å². The van der Waals surface area contributed by atoms with E-state index in [2.05, 4.69) is 11.7 Å². The summed E-state index contributed by atoms with van der Waals surface area (Å²) in [4.78, 5) is 11.3. The van der Waals surface area contributed by atoms with Gasteiger partial charge >= 0.3 is 13.8 Å². The Kier molecular flexibility index (Phi) is 15.8. The van der Waals surface area contributed by atoms with Crippen LogP contribution in [0.2, 0.25) is 0 Å². The van der Waals surface area contributed by atoms with Crippen molar-refractivity contribution in [2.75, 3.05) is 21.3 Å². The van der Waals surface area contributed by atoms with Gasteiger partial charge in [-0.15, -0.1) is 0 Å². The molecule has 0 N–H and O–H groups in total. The van der Waals surface area contributed by atoms with E-state index in [1.807, 2.05) is 6.08 Å². The molecule has 1 unspecified atom stereocenters. The molecule has 0 aromatic rings. The molecule has 0 saturated heterocycles. The lowest BCUT2D eigenvalue weighted by Crippen LogP contribution is -2.18. The largest absolute Gasteiger partial charge is 0.509 e. The summed E-state index contributed by atoms with van der Waals surface area (Å²) in [5.74, 6) is -1.10. The first kappa shape index (κ1) is 25.2. The minimum Gasteiger partial charge on any atom is -0.438 e. The van der Waals surface area contributed by atoms with Gasteiger partial charge in [-0.3, -0.25) is 4.57 Å². The molecule has 26 heavy (non-hydrogen) atoms. The van der Waals surface area contributed by atoms with Crippen LogP contribution in [0.1, 0.15) is 77.6 Å². The number of rotatable bonds is 16. The molecule has 0 fully saturated rings. The summed E-state index contributed by atoms with van der Waals surface area (Å²) in [6, 6.07) is 0. The third-order valence-corrected chi connectivity index (χ3v) is 6.15. The average molecular weight is 392 g/mol. The lowest BCUT2D eigenvalue weighted by atomic mass is 10.1. The number of allylic oxidation sites excluding steroid dienone is 1. The summed E-state index contributed by atoms with van der Waals surface area (Å²) in [7, 11) is 0.157. The maximum Gasteiger partial charge on any atom is 0.509 e. The first-order valence-corrected chi connectivity index (χ1v) is 11.3. The molecule has 0 amide bonds. The molecule has 0 radical (unpaired) electrons. The smallest absolute Gasteiger partial charge is 0.438 e. The molecule has 0 rings (SSSR count). The predicted molar refractivity (Wildman–Crippen MR) is 105 cm³/mol. The van der Waals surface area contributed by atoms with Crippen LogP contribution in [0.3, 0.4) is 0 Å². The van der Waals surface area contributed by atoms with Crippen molar-refractivity contribution in [1.29, 1.82) is 0 Å². The van der Waals surface area contributed by atoms with Crippen molar-refractivity contribution in [1.82, 2.24) is 0 Å². The van der Waals surface area contributed by atoms with Gasteiger partial charge in [0.15, 0.2) is 0 Å². The summed E-state index contributed by atoms with van der Waals surface area (Å²) in [5.41, 5.74) is 0. The van der Waals surface area contributed by atoms with Crippen molar-refractivity contribution in [3.05, 3.63) is 12.2 Å². The Bertz CT molecular complexity index is 416. The van der Waals surface area contributed by atoms with Crippen molar-refractivity contribution in [3.8, 4) is 0 Å². The molecular formula is C19H37O6P. The second-order valence-electron chi connectivity index (χ2n) is 6.27. The Labute approximate surface area is 159 Å². The normalized spacial score (nSPS) is 13.1. The molecule has 0 bridgehead atoms. The van der Waals surface area contributed by atoms with Crippen LogP contribution in [0, 0.1) is 0 Å². The van der Waals surface area contributed by atoms with Gasteiger partial charge in [-0.1, -0.05) is 70.8 Å². The Morgan fingerprint density at radius 3 is 1.85 bits per heavy atom. The van der Waals surface area contributed by atoms with E-state index >= 15 is 0 Å². The van der Waals surface area contributed by atoms with Gasteiger partial charge in [0.1, 0.15) is 0 Å². The topological polar surface area (TPSA) is 71.1 Å². The van der Waals surface area contributed by atoms with E-state index in [4.69, 9.17) is 13.8 Å². The fourth-order valence-electron chi connectivity index (χ4n) is 2.60. The Morgan fingerprint density at radius 2 is 1.38 bits per heavy atom. The Hall–Kier alpha value is -0.840. The third-order valence-electron chi connectivity index (χ3n) is 4.23. The maximum absolute atomic E-state index is 12.4. The van der Waals surface area contributed by atoms with Crippen molar-refractivity contribution < 1.29 is 27.9 Å². The highest BCUT2D eigenvalue weighted by Gasteiger charge is 2.35. The van der Waals surface area contributed by atoms with Gasteiger partial charge in [0.25, 0.3) is 0 Å². The van der Waals surface area contributed by atoms with Crippen molar-refractivity contribution in [2.24, 2.45) is 0 Å². The van der Waals surface area contributed by atoms with Crippen LogP contribution in [0.15, 0.2) is 12.2 Å². The summed E-state index contributed by atoms with van der Waals surface area (Å²) < 4.78 is 31.6. The van der Waals surface area contributed by atoms with Gasteiger partial charge in [-0.2, -0.15) is 0 Å². The zero-order valence-electron chi connectivity index (χ0n) is 16.9. The first-order chi connectivity index (χ1) is 12.5. The first-order valence-electron chi connectivity index (χ1n) is 9.66. The molecule has 0 spiro atoms. The average Bonchev–Trinajstić information content (AvgIpc) is 2.66. The van der Waals surface area contributed by atoms with E-state index in [9.17, 15) is 9.36 Å². The number of carbonyl (C=O) groups is 1. The molecule has 0 aliphatic heterocycles. The van der Waals surface area contributed by atoms with Crippen LogP contribution in [0.5, 0.6) is 0 Å². The maximum atomic E-state index is 12.4. The second kappa shape index (κ2) is 16.3. The Morgan fingerprint density at radius 1 is 0.885 bits per heavy atom. The van der Waals surface area contributed by atoms with Crippen molar-refractivity contribution in [3.63, 3.8) is 0 Å². The van der Waals surface area contributed by atoms with Gasteiger partial charge in [0, 0.05) is 14.2 Å². The van der Waals surface area contributed by atoms with Crippen molar-refractivity contribution >= 4 is 13.8 Å². The van der Waals surface area contributed by atoms with Crippen LogP contribution >= 0.6 is 7.60 Å². The zero-order valence-corrected chi connectivity index (χ0v) is 17.8. The minimum absolute atomic E-state index is 0.824. The highest BCUT2D eigenvalue weighted by molar-refractivity contribution is 7.54. The quantitative estimate of drug-likeness (QED) is 0.130. The fourth-order valence-corrected chi connectivity index (χ4v) is 3.71. The number of hydrogen-bond donors (Lipinski definition) is 0. The highest BCUT2D eigenvalue weighted by Crippen LogP contribution is 2.52. The molecule has 154 valence electrons. The van der Waals surface area contributed by atoms with Gasteiger partial charge in [0.2, 0.25) is 5.85 Å². The molecular weight excluding hydrogens is 355 g/mol. The highest BCUT2D eigenvalue weighted by atomic mass is 31.2. The number of carbonyl (C=O) groups excluding carboxylic acids is 1. The SMILES string of the molecule is CCCCCCCCCCCC/C=C/C(OC(=O)OC)P(=O)(OC)OC. The van der Waals surface area contributed by atoms with E-state index in [1.165, 1.54) is 72.7 Å². The number of unbranched alkanes of at least 4 members (excludes halogenated alkanes) is 10. The standard InChI is InChI=1S/C19H37O6P/c1-5-6-7-8-9-10-11-12-13-14-15-16-17-18(25-19(20)22-2)26(21,23-3)24-4/h16-18H,5-15H2,1-4H3/b17-16+. The molecule has 0 aromatic heterocycles. The lowest BCUT2D eigenvalue weighted by Gasteiger charge is -2.20. The molecule has 6 nitrogen and oxygen atoms in total. The molecule has 0 aliphatic rings. The fraction of sp³-hybridized carbons (Fsp3) is 0.842. The van der Waals surface area contributed by atoms with Gasteiger partial charge in [0.05, 0.1) is 7.11 Å². The van der Waals surface area contributed by atoms with Crippen LogP contribution in [-0.4, -0.2) is 33.3 Å². The van der Waals surface area contributed by atoms with E-state index in [0.29, 0.717) is 0 Å². The van der Waals surface area contributed by atoms with Gasteiger partial charge < -0.3 is 18.5 Å². The van der Waals surface area contributed by atoms with E-state index in [-0.39, 0.29) is 0 Å². The van der Waals surface area contributed by atoms with Crippen LogP contribution in [0.4, 0.5) is 4.79 Å². The number of hydrogen-bond acceptors (Lipinski definition) is 6. The Balaban J connectivity index is 4.02. The molecule has 0 saturated carbocycles. The van der Waals surface area contributed by atoms with Gasteiger partial charge in [-0.25, -0.2) is 4.79 Å². The second-order valence-corrected chi connectivity index (χ2v) is 8.59. The minimum atomic E-state index is -3.55. The molecule has 0 aromatic carbocycles. The lowest BCUT2D eigenvalue weighted by molar-refractivity contribution is 0.0625. The summed E-state index contributed by atoms with van der Waals surface area (Å²) >= 11 is 0.